The summed E-state index contributed by atoms with van der Waals surface area (Å²) < 4.78 is 9.70. The topological polar surface area (TPSA) is 9.23 Å². The second-order valence-electron chi connectivity index (χ2n) is 8.55. The summed E-state index contributed by atoms with van der Waals surface area (Å²) in [6.07, 6.45) is 0. The van der Waals surface area contributed by atoms with Crippen molar-refractivity contribution in [1.29, 1.82) is 0 Å². The van der Waals surface area contributed by atoms with Gasteiger partial charge in [0.05, 0.1) is 0 Å². The Morgan fingerprint density at radius 1 is 0.519 bits per heavy atom. The van der Waals surface area contributed by atoms with Crippen LogP contribution in [0.3, 0.4) is 0 Å². The molecule has 0 aromatic heterocycles. The Kier molecular flexibility index (Phi) is 8.70. The molecule has 27 heavy (non-hydrogen) atoms. The molecule has 0 saturated heterocycles. The van der Waals surface area contributed by atoms with Gasteiger partial charge in [0.25, 0.3) is 0 Å². The molecule has 144 valence electrons. The molecule has 0 saturated carbocycles. The van der Waals surface area contributed by atoms with E-state index in [-0.39, 0.29) is 0 Å². The molecule has 1 nitrogen and oxygen atoms in total. The van der Waals surface area contributed by atoms with E-state index in [0.717, 1.165) is 0 Å². The maximum absolute atomic E-state index is 6.62. The Labute approximate surface area is 180 Å². The van der Waals surface area contributed by atoms with Crippen LogP contribution in [0.2, 0.25) is 0 Å². The van der Waals surface area contributed by atoms with Gasteiger partial charge in [-0.3, -0.25) is 0 Å². The van der Waals surface area contributed by atoms with Crippen molar-refractivity contribution in [1.82, 2.24) is 0 Å². The molecule has 0 N–H and O–H groups in total. The van der Waals surface area contributed by atoms with E-state index in [1.807, 2.05) is 0 Å². The molecule has 0 aliphatic carbocycles. The fourth-order valence-electron chi connectivity index (χ4n) is 3.47. The monoisotopic (exact) mass is 486 g/mol. The Morgan fingerprint density at radius 3 is 1.00 bits per heavy atom. The maximum atomic E-state index is 6.62. The van der Waals surface area contributed by atoms with Crippen LogP contribution in [-0.4, -0.2) is 31.5 Å². The average molecular weight is 484 g/mol. The molecule has 0 spiro atoms. The van der Waals surface area contributed by atoms with Gasteiger partial charge in [-0.1, -0.05) is 0 Å². The summed E-state index contributed by atoms with van der Waals surface area (Å²) in [4.78, 5) is 0. The third-order valence-corrected chi connectivity index (χ3v) is 11.0. The van der Waals surface area contributed by atoms with Gasteiger partial charge in [0.15, 0.2) is 0 Å². The van der Waals surface area contributed by atoms with Gasteiger partial charge in [0, 0.05) is 0 Å². The van der Waals surface area contributed by atoms with E-state index in [1.54, 1.807) is 8.79 Å². The van der Waals surface area contributed by atoms with Crippen molar-refractivity contribution in [3.63, 3.8) is 0 Å². The predicted molar refractivity (Wildman–Crippen MR) is 121 cm³/mol. The van der Waals surface area contributed by atoms with Crippen molar-refractivity contribution < 1.29 is 2.79 Å². The Bertz CT molecular complexity index is 632. The molecule has 0 aliphatic rings. The third-order valence-electron chi connectivity index (χ3n) is 5.05. The molecule has 4 radical (unpaired) electrons. The Morgan fingerprint density at radius 2 is 0.778 bits per heavy atom. The number of hydrogen-bond donors (Lipinski definition) is 0. The van der Waals surface area contributed by atoms with Crippen molar-refractivity contribution in [2.45, 2.75) is 79.1 Å². The normalized spacial score (nSPS) is 12.0. The number of rotatable bonds is 8. The SMILES string of the molecule is CC(C)c1cccc(C(C)C)[c]1[Ge][O][Ge][c]1c(C(C)C)cccc1C(C)C. The minimum atomic E-state index is -0.578. The fraction of sp³-hybridized carbons (Fsp3) is 0.500. The summed E-state index contributed by atoms with van der Waals surface area (Å²) in [5.74, 6) is 2.22. The van der Waals surface area contributed by atoms with Gasteiger partial charge in [-0.15, -0.1) is 0 Å². The van der Waals surface area contributed by atoms with Gasteiger partial charge < -0.3 is 0 Å². The summed E-state index contributed by atoms with van der Waals surface area (Å²) >= 11 is -1.16. The predicted octanol–water partition coefficient (Wildman–Crippen LogP) is 5.39. The minimum absolute atomic E-state index is 0.556. The van der Waals surface area contributed by atoms with Crippen molar-refractivity contribution >= 4 is 40.3 Å². The molecule has 2 rings (SSSR count). The van der Waals surface area contributed by atoms with Crippen LogP contribution in [0.25, 0.3) is 0 Å². The molecule has 2 aromatic rings. The first-order valence-corrected chi connectivity index (χ1v) is 14.0. The molecule has 0 fully saturated rings. The standard InChI is InChI=1S/C24H34Ge2O/c1-15(2)19-11-9-12-20(16(3)4)23(19)25-27-26-24-21(17(5)6)13-10-14-22(24)18(7)8/h9-18H,1-8H3. The van der Waals surface area contributed by atoms with E-state index >= 15 is 0 Å². The molecule has 0 heterocycles. The summed E-state index contributed by atoms with van der Waals surface area (Å²) in [7, 11) is 0. The molecule has 0 atom stereocenters. The van der Waals surface area contributed by atoms with Crippen LogP contribution in [-0.2, 0) is 2.79 Å². The van der Waals surface area contributed by atoms with E-state index < -0.39 is 31.5 Å². The van der Waals surface area contributed by atoms with E-state index in [9.17, 15) is 0 Å². The van der Waals surface area contributed by atoms with E-state index in [1.165, 1.54) is 22.3 Å². The fourth-order valence-corrected chi connectivity index (χ4v) is 10.9. The first-order valence-electron chi connectivity index (χ1n) is 10.2. The first-order chi connectivity index (χ1) is 12.7. The molecule has 3 heteroatoms. The van der Waals surface area contributed by atoms with Crippen molar-refractivity contribution in [3.05, 3.63) is 58.7 Å². The number of hydrogen-bond acceptors (Lipinski definition) is 1. The quantitative estimate of drug-likeness (QED) is 0.458. The zero-order valence-electron chi connectivity index (χ0n) is 18.2. The van der Waals surface area contributed by atoms with E-state index in [4.69, 9.17) is 2.79 Å². The Balaban J connectivity index is 2.30. The summed E-state index contributed by atoms with van der Waals surface area (Å²) in [5.41, 5.74) is 5.98. The van der Waals surface area contributed by atoms with Gasteiger partial charge in [-0.25, -0.2) is 0 Å². The van der Waals surface area contributed by atoms with Crippen LogP contribution in [0, 0.1) is 0 Å². The summed E-state index contributed by atoms with van der Waals surface area (Å²) in [5, 5.41) is 0. The van der Waals surface area contributed by atoms with Crippen LogP contribution in [0.1, 0.15) is 101 Å². The van der Waals surface area contributed by atoms with Gasteiger partial charge >= 0.3 is 181 Å². The van der Waals surface area contributed by atoms with Crippen LogP contribution in [0.4, 0.5) is 0 Å². The zero-order valence-corrected chi connectivity index (χ0v) is 22.4. The van der Waals surface area contributed by atoms with Crippen molar-refractivity contribution in [3.8, 4) is 0 Å². The van der Waals surface area contributed by atoms with E-state index in [2.05, 4.69) is 91.8 Å². The Hall–Kier alpha value is -0.514. The summed E-state index contributed by atoms with van der Waals surface area (Å²) in [6, 6.07) is 13.7. The molecule has 0 bridgehead atoms. The van der Waals surface area contributed by atoms with Gasteiger partial charge in [-0.2, -0.15) is 0 Å². The van der Waals surface area contributed by atoms with Crippen LogP contribution in [0.5, 0.6) is 0 Å². The van der Waals surface area contributed by atoms with Gasteiger partial charge in [0.1, 0.15) is 0 Å². The van der Waals surface area contributed by atoms with Crippen LogP contribution in [0.15, 0.2) is 36.4 Å². The molecule has 0 amide bonds. The summed E-state index contributed by atoms with van der Waals surface area (Å²) in [6.45, 7) is 18.4. The van der Waals surface area contributed by atoms with Gasteiger partial charge in [-0.05, 0) is 0 Å². The van der Waals surface area contributed by atoms with Crippen LogP contribution < -0.4 is 8.79 Å². The second-order valence-corrected chi connectivity index (χ2v) is 14.2. The molecule has 0 unspecified atom stereocenters. The third kappa shape index (κ3) is 5.74. The second kappa shape index (κ2) is 10.3. The average Bonchev–Trinajstić information content (AvgIpc) is 2.61. The molecule has 2 aromatic carbocycles. The van der Waals surface area contributed by atoms with Gasteiger partial charge in [0.2, 0.25) is 0 Å². The molecular formula is C24H34Ge2O. The van der Waals surface area contributed by atoms with Crippen molar-refractivity contribution in [2.75, 3.05) is 0 Å². The van der Waals surface area contributed by atoms with E-state index in [0.29, 0.717) is 23.7 Å². The first kappa shape index (κ1) is 22.8. The zero-order chi connectivity index (χ0) is 20.1. The van der Waals surface area contributed by atoms with Crippen molar-refractivity contribution in [2.24, 2.45) is 0 Å². The number of benzene rings is 2. The van der Waals surface area contributed by atoms with Crippen LogP contribution >= 0.6 is 0 Å². The molecule has 0 aliphatic heterocycles. The molecular weight excluding hydrogens is 449 g/mol.